The summed E-state index contributed by atoms with van der Waals surface area (Å²) >= 11 is 0. The van der Waals surface area contributed by atoms with Crippen LogP contribution in [0.3, 0.4) is 0 Å². The average Bonchev–Trinajstić information content (AvgIpc) is 2.42. The van der Waals surface area contributed by atoms with Crippen molar-refractivity contribution in [2.75, 3.05) is 44.7 Å². The number of morpholine rings is 1. The van der Waals surface area contributed by atoms with E-state index in [9.17, 15) is 9.50 Å². The topological polar surface area (TPSA) is 44.7 Å². The molecule has 0 aromatic heterocycles. The molecule has 1 unspecified atom stereocenters. The summed E-state index contributed by atoms with van der Waals surface area (Å²) in [6, 6.07) is 4.92. The van der Waals surface area contributed by atoms with Crippen molar-refractivity contribution in [1.82, 2.24) is 4.90 Å². The van der Waals surface area contributed by atoms with Crippen LogP contribution in [-0.2, 0) is 4.74 Å². The van der Waals surface area contributed by atoms with Crippen molar-refractivity contribution in [3.05, 3.63) is 29.6 Å². The highest BCUT2D eigenvalue weighted by Crippen LogP contribution is 2.17. The van der Waals surface area contributed by atoms with Gasteiger partial charge in [-0.1, -0.05) is 6.07 Å². The molecule has 1 aromatic carbocycles. The normalized spacial score (nSPS) is 18.3. The number of hydrogen-bond donors (Lipinski definition) is 2. The molecule has 2 rings (SSSR count). The fourth-order valence-electron chi connectivity index (χ4n) is 2.17. The minimum absolute atomic E-state index is 0.229. The van der Waals surface area contributed by atoms with Gasteiger partial charge in [-0.25, -0.2) is 4.39 Å². The van der Waals surface area contributed by atoms with E-state index >= 15 is 0 Å². The number of nitrogens with zero attached hydrogens (tertiary/aromatic N) is 1. The van der Waals surface area contributed by atoms with Gasteiger partial charge >= 0.3 is 0 Å². The molecule has 19 heavy (non-hydrogen) atoms. The van der Waals surface area contributed by atoms with E-state index in [-0.39, 0.29) is 5.82 Å². The maximum absolute atomic E-state index is 13.4. The molecule has 4 nitrogen and oxygen atoms in total. The Balaban J connectivity index is 1.79. The number of rotatable bonds is 5. The van der Waals surface area contributed by atoms with Crippen molar-refractivity contribution in [3.63, 3.8) is 0 Å². The molecule has 5 heteroatoms. The quantitative estimate of drug-likeness (QED) is 0.843. The summed E-state index contributed by atoms with van der Waals surface area (Å²) in [4.78, 5) is 2.17. The maximum Gasteiger partial charge on any atom is 0.128 e. The van der Waals surface area contributed by atoms with Crippen LogP contribution in [0.4, 0.5) is 10.1 Å². The lowest BCUT2D eigenvalue weighted by Crippen LogP contribution is -2.42. The lowest BCUT2D eigenvalue weighted by molar-refractivity contribution is 0.0171. The smallest absolute Gasteiger partial charge is 0.128 e. The molecular weight excluding hydrogens is 247 g/mol. The maximum atomic E-state index is 13.4. The van der Waals surface area contributed by atoms with E-state index in [2.05, 4.69) is 10.2 Å². The summed E-state index contributed by atoms with van der Waals surface area (Å²) in [5.74, 6) is -0.229. The summed E-state index contributed by atoms with van der Waals surface area (Å²) in [7, 11) is 0. The van der Waals surface area contributed by atoms with Crippen molar-refractivity contribution < 1.29 is 14.2 Å². The Hall–Kier alpha value is -1.17. The first kappa shape index (κ1) is 14.2. The molecule has 1 aliphatic rings. The molecule has 1 fully saturated rings. The first-order chi connectivity index (χ1) is 9.16. The van der Waals surface area contributed by atoms with Gasteiger partial charge in [0.15, 0.2) is 0 Å². The van der Waals surface area contributed by atoms with E-state index in [0.717, 1.165) is 32.0 Å². The van der Waals surface area contributed by atoms with Crippen LogP contribution in [0.25, 0.3) is 0 Å². The highest BCUT2D eigenvalue weighted by molar-refractivity contribution is 5.50. The Kier molecular flexibility index (Phi) is 5.13. The number of nitrogens with one attached hydrogen (secondary N) is 1. The Morgan fingerprint density at radius 3 is 2.89 bits per heavy atom. The number of benzene rings is 1. The Morgan fingerprint density at radius 1 is 1.42 bits per heavy atom. The summed E-state index contributed by atoms with van der Waals surface area (Å²) in [6.07, 6.45) is -0.472. The van der Waals surface area contributed by atoms with Crippen molar-refractivity contribution in [2.45, 2.75) is 13.0 Å². The van der Waals surface area contributed by atoms with Gasteiger partial charge in [-0.15, -0.1) is 0 Å². The molecular formula is C14H21FN2O2. The van der Waals surface area contributed by atoms with Crippen LogP contribution in [0.15, 0.2) is 18.2 Å². The predicted octanol–water partition coefficient (Wildman–Crippen LogP) is 1.24. The number of aliphatic hydroxyl groups is 1. The van der Waals surface area contributed by atoms with Crippen LogP contribution in [0.5, 0.6) is 0 Å². The van der Waals surface area contributed by atoms with Gasteiger partial charge in [0.2, 0.25) is 0 Å². The number of aliphatic hydroxyl groups excluding tert-OH is 1. The van der Waals surface area contributed by atoms with E-state index in [1.165, 1.54) is 6.07 Å². The van der Waals surface area contributed by atoms with Crippen LogP contribution in [0, 0.1) is 12.7 Å². The Labute approximate surface area is 113 Å². The third-order valence-corrected chi connectivity index (χ3v) is 3.37. The second-order valence-corrected chi connectivity index (χ2v) is 4.86. The molecule has 106 valence electrons. The second kappa shape index (κ2) is 6.84. The molecule has 1 saturated heterocycles. The molecule has 1 aromatic rings. The van der Waals surface area contributed by atoms with Crippen molar-refractivity contribution >= 4 is 5.69 Å². The van der Waals surface area contributed by atoms with E-state index in [4.69, 9.17) is 4.74 Å². The third-order valence-electron chi connectivity index (χ3n) is 3.37. The SMILES string of the molecule is Cc1c(F)cccc1NCC(O)CN1CCOCC1. The van der Waals surface area contributed by atoms with Crippen LogP contribution in [-0.4, -0.2) is 55.5 Å². The molecule has 0 aliphatic carbocycles. The highest BCUT2D eigenvalue weighted by atomic mass is 19.1. The van der Waals surface area contributed by atoms with Crippen molar-refractivity contribution in [3.8, 4) is 0 Å². The van der Waals surface area contributed by atoms with Crippen molar-refractivity contribution in [2.24, 2.45) is 0 Å². The standard InChI is InChI=1S/C14H21FN2O2/c1-11-13(15)3-2-4-14(11)16-9-12(18)10-17-5-7-19-8-6-17/h2-4,12,16,18H,5-10H2,1H3. The van der Waals surface area contributed by atoms with Gasteiger partial charge < -0.3 is 15.2 Å². The van der Waals surface area contributed by atoms with Crippen LogP contribution in [0.1, 0.15) is 5.56 Å². The predicted molar refractivity (Wildman–Crippen MR) is 72.9 cm³/mol. The van der Waals surface area contributed by atoms with E-state index in [1.54, 1.807) is 13.0 Å². The first-order valence-corrected chi connectivity index (χ1v) is 6.64. The van der Waals surface area contributed by atoms with Gasteiger partial charge in [0.1, 0.15) is 5.82 Å². The van der Waals surface area contributed by atoms with Gasteiger partial charge in [-0.05, 0) is 19.1 Å². The minimum atomic E-state index is -0.472. The highest BCUT2D eigenvalue weighted by Gasteiger charge is 2.15. The second-order valence-electron chi connectivity index (χ2n) is 4.86. The van der Waals surface area contributed by atoms with Crippen LogP contribution >= 0.6 is 0 Å². The summed E-state index contributed by atoms with van der Waals surface area (Å²) in [6.45, 7) is 5.93. The van der Waals surface area contributed by atoms with E-state index < -0.39 is 6.10 Å². The zero-order valence-electron chi connectivity index (χ0n) is 11.2. The Bertz CT molecular complexity index is 408. The summed E-state index contributed by atoms with van der Waals surface area (Å²) in [5.41, 5.74) is 1.32. The number of β-amino-alcohol motifs (C(OH)–C–C–N with tert-alkyl or cyclic N) is 1. The zero-order chi connectivity index (χ0) is 13.7. The fourth-order valence-corrected chi connectivity index (χ4v) is 2.17. The molecule has 1 aliphatic heterocycles. The van der Waals surface area contributed by atoms with Gasteiger partial charge in [0, 0.05) is 37.4 Å². The number of ether oxygens (including phenoxy) is 1. The lowest BCUT2D eigenvalue weighted by Gasteiger charge is -2.28. The zero-order valence-corrected chi connectivity index (χ0v) is 11.2. The average molecular weight is 268 g/mol. The molecule has 0 bridgehead atoms. The van der Waals surface area contributed by atoms with Crippen molar-refractivity contribution in [1.29, 1.82) is 0 Å². The molecule has 0 saturated carbocycles. The van der Waals surface area contributed by atoms with Crippen LogP contribution < -0.4 is 5.32 Å². The van der Waals surface area contributed by atoms with Gasteiger partial charge in [-0.3, -0.25) is 4.90 Å². The molecule has 0 amide bonds. The third kappa shape index (κ3) is 4.16. The van der Waals surface area contributed by atoms with Gasteiger partial charge in [0.05, 0.1) is 19.3 Å². The monoisotopic (exact) mass is 268 g/mol. The Morgan fingerprint density at radius 2 is 2.16 bits per heavy atom. The van der Waals surface area contributed by atoms with Gasteiger partial charge in [-0.2, -0.15) is 0 Å². The molecule has 0 spiro atoms. The first-order valence-electron chi connectivity index (χ1n) is 6.64. The summed E-state index contributed by atoms with van der Waals surface area (Å²) < 4.78 is 18.6. The van der Waals surface area contributed by atoms with E-state index in [1.807, 2.05) is 6.07 Å². The molecule has 1 heterocycles. The van der Waals surface area contributed by atoms with Crippen LogP contribution in [0.2, 0.25) is 0 Å². The van der Waals surface area contributed by atoms with E-state index in [0.29, 0.717) is 18.7 Å². The number of anilines is 1. The number of hydrogen-bond acceptors (Lipinski definition) is 4. The molecule has 0 radical (unpaired) electrons. The fraction of sp³-hybridized carbons (Fsp3) is 0.571. The number of halogens is 1. The molecule has 2 N–H and O–H groups in total. The summed E-state index contributed by atoms with van der Waals surface area (Å²) in [5, 5.41) is 13.1. The lowest BCUT2D eigenvalue weighted by atomic mass is 10.2. The largest absolute Gasteiger partial charge is 0.390 e. The minimum Gasteiger partial charge on any atom is -0.390 e. The van der Waals surface area contributed by atoms with Gasteiger partial charge in [0.25, 0.3) is 0 Å². The molecule has 1 atom stereocenters.